The molecule has 166 valence electrons. The van der Waals surface area contributed by atoms with Crippen molar-refractivity contribution in [2.24, 2.45) is 0 Å². The number of ether oxygens (including phenoxy) is 1. The maximum absolute atomic E-state index is 12.8. The van der Waals surface area contributed by atoms with E-state index in [-0.39, 0.29) is 24.3 Å². The number of rotatable bonds is 4. The molecule has 0 unspecified atom stereocenters. The lowest BCUT2D eigenvalue weighted by molar-refractivity contribution is -0.123. The fourth-order valence-corrected chi connectivity index (χ4v) is 4.66. The Kier molecular flexibility index (Phi) is 5.27. The summed E-state index contributed by atoms with van der Waals surface area (Å²) in [5.74, 6) is 0.375. The van der Waals surface area contributed by atoms with Crippen LogP contribution in [0.25, 0.3) is 5.82 Å². The summed E-state index contributed by atoms with van der Waals surface area (Å²) in [6, 6.07) is 7.66. The predicted octanol–water partition coefficient (Wildman–Crippen LogP) is 2.98. The SMILES string of the molecule is Cc1cc(-n2cc(CN3CCC(=O)[C@H](c4ccc5c(c4C)COC5=O)C3)cn2)ncc1C#N. The van der Waals surface area contributed by atoms with Gasteiger partial charge in [0.25, 0.3) is 0 Å². The number of carbonyl (C=O) groups is 2. The van der Waals surface area contributed by atoms with Gasteiger partial charge in [-0.15, -0.1) is 0 Å². The highest BCUT2D eigenvalue weighted by Gasteiger charge is 2.32. The number of Topliss-reactive ketones (excluding diaryl/α,β-unsaturated/α-hetero) is 1. The molecule has 2 aliphatic rings. The summed E-state index contributed by atoms with van der Waals surface area (Å²) in [6.07, 6.45) is 5.79. The molecule has 3 aromatic rings. The summed E-state index contributed by atoms with van der Waals surface area (Å²) in [5.41, 5.74) is 5.89. The van der Waals surface area contributed by atoms with Crippen LogP contribution in [0, 0.1) is 25.2 Å². The Morgan fingerprint density at radius 2 is 2.09 bits per heavy atom. The molecule has 0 aliphatic carbocycles. The van der Waals surface area contributed by atoms with Gasteiger partial charge in [-0.25, -0.2) is 14.5 Å². The van der Waals surface area contributed by atoms with Crippen LogP contribution in [0.3, 0.4) is 0 Å². The number of benzene rings is 1. The number of aromatic nitrogens is 3. The van der Waals surface area contributed by atoms with Crippen molar-refractivity contribution in [3.05, 3.63) is 75.7 Å². The lowest BCUT2D eigenvalue weighted by atomic mass is 9.84. The average molecular weight is 441 g/mol. The second kappa shape index (κ2) is 8.26. The molecule has 2 aliphatic heterocycles. The second-order valence-corrected chi connectivity index (χ2v) is 8.65. The minimum atomic E-state index is -0.291. The van der Waals surface area contributed by atoms with Gasteiger partial charge in [0.2, 0.25) is 0 Å². The number of esters is 1. The lowest BCUT2D eigenvalue weighted by Gasteiger charge is -2.32. The van der Waals surface area contributed by atoms with E-state index in [9.17, 15) is 9.59 Å². The highest BCUT2D eigenvalue weighted by Crippen LogP contribution is 2.33. The van der Waals surface area contributed by atoms with Crippen LogP contribution in [-0.2, 0) is 22.7 Å². The number of fused-ring (bicyclic) bond motifs is 1. The highest BCUT2D eigenvalue weighted by atomic mass is 16.5. The van der Waals surface area contributed by atoms with E-state index in [0.717, 1.165) is 27.8 Å². The van der Waals surface area contributed by atoms with Crippen LogP contribution in [0.2, 0.25) is 0 Å². The number of piperidine rings is 1. The number of hydrogen-bond acceptors (Lipinski definition) is 7. The van der Waals surface area contributed by atoms with E-state index in [1.54, 1.807) is 16.9 Å². The maximum atomic E-state index is 12.8. The normalized spacial score (nSPS) is 18.2. The topological polar surface area (TPSA) is 101 Å². The van der Waals surface area contributed by atoms with E-state index < -0.39 is 0 Å². The molecule has 1 atom stereocenters. The van der Waals surface area contributed by atoms with Crippen LogP contribution in [0.5, 0.6) is 0 Å². The first-order chi connectivity index (χ1) is 15.9. The maximum Gasteiger partial charge on any atom is 0.338 e. The van der Waals surface area contributed by atoms with Gasteiger partial charge in [0.15, 0.2) is 5.82 Å². The second-order valence-electron chi connectivity index (χ2n) is 8.65. The molecule has 0 radical (unpaired) electrons. The summed E-state index contributed by atoms with van der Waals surface area (Å²) in [7, 11) is 0. The molecule has 1 saturated heterocycles. The standard InChI is InChI=1S/C25H23N5O3/c1-15-7-24(27-10-18(15)8-26)30-12-17(9-28-30)11-29-6-5-23(31)21(13-29)19-3-4-20-22(16(19)2)14-33-25(20)32/h3-4,7,9-10,12,21H,5-6,11,13-14H2,1-2H3/t21-/m0/s1. The zero-order chi connectivity index (χ0) is 23.1. The third-order valence-corrected chi connectivity index (χ3v) is 6.58. The third kappa shape index (κ3) is 3.81. The molecule has 1 fully saturated rings. The first kappa shape index (κ1) is 21.0. The Morgan fingerprint density at radius 1 is 1.24 bits per heavy atom. The number of pyridine rings is 1. The van der Waals surface area contributed by atoms with Crippen molar-refractivity contribution in [1.29, 1.82) is 5.26 Å². The van der Waals surface area contributed by atoms with E-state index in [0.29, 0.717) is 43.0 Å². The van der Waals surface area contributed by atoms with Gasteiger partial charge in [0.05, 0.1) is 23.2 Å². The van der Waals surface area contributed by atoms with Gasteiger partial charge in [-0.1, -0.05) is 6.07 Å². The van der Waals surface area contributed by atoms with Gasteiger partial charge in [0.1, 0.15) is 18.5 Å². The van der Waals surface area contributed by atoms with Gasteiger partial charge in [-0.2, -0.15) is 10.4 Å². The summed E-state index contributed by atoms with van der Waals surface area (Å²) in [5, 5.41) is 13.5. The molecule has 4 heterocycles. The van der Waals surface area contributed by atoms with E-state index in [4.69, 9.17) is 10.00 Å². The summed E-state index contributed by atoms with van der Waals surface area (Å²) in [4.78, 5) is 31.3. The molecule has 0 N–H and O–H groups in total. The molecule has 2 aromatic heterocycles. The first-order valence-corrected chi connectivity index (χ1v) is 10.9. The van der Waals surface area contributed by atoms with Crippen LogP contribution < -0.4 is 0 Å². The Bertz CT molecular complexity index is 1320. The minimum absolute atomic E-state index is 0.224. The van der Waals surface area contributed by atoms with E-state index in [2.05, 4.69) is 21.1 Å². The van der Waals surface area contributed by atoms with Gasteiger partial charge in [0, 0.05) is 49.6 Å². The fourth-order valence-electron chi connectivity index (χ4n) is 4.66. The molecule has 5 rings (SSSR count). The predicted molar refractivity (Wildman–Crippen MR) is 119 cm³/mol. The van der Waals surface area contributed by atoms with Crippen molar-refractivity contribution in [2.45, 2.75) is 39.3 Å². The van der Waals surface area contributed by atoms with E-state index in [1.165, 1.54) is 0 Å². The molecular weight excluding hydrogens is 418 g/mol. The zero-order valence-electron chi connectivity index (χ0n) is 18.5. The largest absolute Gasteiger partial charge is 0.457 e. The minimum Gasteiger partial charge on any atom is -0.457 e. The van der Waals surface area contributed by atoms with Crippen LogP contribution in [0.1, 0.15) is 56.1 Å². The lowest BCUT2D eigenvalue weighted by Crippen LogP contribution is -2.39. The highest BCUT2D eigenvalue weighted by molar-refractivity contribution is 5.94. The zero-order valence-corrected chi connectivity index (χ0v) is 18.5. The molecule has 0 bridgehead atoms. The number of carbonyl (C=O) groups excluding carboxylic acids is 2. The van der Waals surface area contributed by atoms with Crippen molar-refractivity contribution < 1.29 is 14.3 Å². The van der Waals surface area contributed by atoms with Gasteiger partial charge in [-0.05, 0) is 42.7 Å². The van der Waals surface area contributed by atoms with Crippen LogP contribution >= 0.6 is 0 Å². The molecule has 8 heteroatoms. The molecule has 33 heavy (non-hydrogen) atoms. The number of ketones is 1. The van der Waals surface area contributed by atoms with Crippen molar-refractivity contribution in [1.82, 2.24) is 19.7 Å². The van der Waals surface area contributed by atoms with Crippen molar-refractivity contribution in [3.8, 4) is 11.9 Å². The third-order valence-electron chi connectivity index (χ3n) is 6.58. The van der Waals surface area contributed by atoms with Gasteiger partial charge in [-0.3, -0.25) is 9.69 Å². The monoisotopic (exact) mass is 441 g/mol. The summed E-state index contributed by atoms with van der Waals surface area (Å²) < 4.78 is 6.87. The summed E-state index contributed by atoms with van der Waals surface area (Å²) >= 11 is 0. The van der Waals surface area contributed by atoms with Crippen LogP contribution in [-0.4, -0.2) is 44.5 Å². The first-order valence-electron chi connectivity index (χ1n) is 10.9. The van der Waals surface area contributed by atoms with Crippen molar-refractivity contribution in [2.75, 3.05) is 13.1 Å². The number of hydrogen-bond donors (Lipinski definition) is 0. The fraction of sp³-hybridized carbons (Fsp3) is 0.320. The molecule has 8 nitrogen and oxygen atoms in total. The van der Waals surface area contributed by atoms with Crippen molar-refractivity contribution >= 4 is 11.8 Å². The van der Waals surface area contributed by atoms with Gasteiger partial charge < -0.3 is 4.74 Å². The molecule has 0 spiro atoms. The van der Waals surface area contributed by atoms with Crippen LogP contribution in [0.4, 0.5) is 0 Å². The Balaban J connectivity index is 1.33. The molecule has 1 aromatic carbocycles. The molecule has 0 amide bonds. The Labute approximate surface area is 191 Å². The molecule has 0 saturated carbocycles. The number of likely N-dealkylation sites (tertiary alicyclic amines) is 1. The number of aryl methyl sites for hydroxylation is 1. The Morgan fingerprint density at radius 3 is 2.88 bits per heavy atom. The van der Waals surface area contributed by atoms with Crippen molar-refractivity contribution in [3.63, 3.8) is 0 Å². The number of cyclic esters (lactones) is 1. The van der Waals surface area contributed by atoms with Gasteiger partial charge >= 0.3 is 5.97 Å². The average Bonchev–Trinajstić information content (AvgIpc) is 3.43. The smallest absolute Gasteiger partial charge is 0.338 e. The number of nitrogens with zero attached hydrogens (tertiary/aromatic N) is 5. The van der Waals surface area contributed by atoms with E-state index >= 15 is 0 Å². The summed E-state index contributed by atoms with van der Waals surface area (Å²) in [6.45, 7) is 6.11. The Hall–Kier alpha value is -3.83. The molecular formula is C25H23N5O3. The quantitative estimate of drug-likeness (QED) is 0.574. The van der Waals surface area contributed by atoms with E-state index in [1.807, 2.05) is 38.4 Å². The van der Waals surface area contributed by atoms with Crippen LogP contribution in [0.15, 0.2) is 36.8 Å². The number of nitriles is 1.